The summed E-state index contributed by atoms with van der Waals surface area (Å²) in [5, 5.41) is 11.1. The minimum Gasteiger partial charge on any atom is -0.619 e. The molecule has 0 radical (unpaired) electrons. The number of ether oxygens (including phenoxy) is 1. The van der Waals surface area contributed by atoms with E-state index in [4.69, 9.17) is 4.74 Å². The summed E-state index contributed by atoms with van der Waals surface area (Å²) in [4.78, 5) is 9.01. The van der Waals surface area contributed by atoms with E-state index in [0.29, 0.717) is 12.4 Å². The predicted molar refractivity (Wildman–Crippen MR) is 76.2 cm³/mol. The van der Waals surface area contributed by atoms with E-state index in [9.17, 15) is 5.21 Å². The zero-order valence-corrected chi connectivity index (χ0v) is 11.1. The van der Waals surface area contributed by atoms with Crippen LogP contribution in [0, 0.1) is 5.21 Å². The minimum atomic E-state index is 0.474. The van der Waals surface area contributed by atoms with Gasteiger partial charge in [0.25, 0.3) is 0 Å². The van der Waals surface area contributed by atoms with Crippen LogP contribution < -0.4 is 9.47 Å². The summed E-state index contributed by atoms with van der Waals surface area (Å²) in [6.45, 7) is 0.474. The van der Waals surface area contributed by atoms with E-state index in [-0.39, 0.29) is 0 Å². The van der Waals surface area contributed by atoms with Gasteiger partial charge >= 0.3 is 0 Å². The fourth-order valence-corrected chi connectivity index (χ4v) is 2.39. The molecule has 5 heteroatoms. The van der Waals surface area contributed by atoms with Crippen LogP contribution >= 0.6 is 0 Å². The molecule has 0 N–H and O–H groups in total. The maximum absolute atomic E-state index is 11.1. The molecule has 0 spiro atoms. The molecule has 3 heterocycles. The van der Waals surface area contributed by atoms with Crippen LogP contribution in [0.4, 0.5) is 0 Å². The van der Waals surface area contributed by atoms with Crippen molar-refractivity contribution >= 4 is 0 Å². The molecule has 3 aromatic rings. The molecule has 0 saturated carbocycles. The number of fused-ring (bicyclic) bond motifs is 3. The molecule has 0 unspecified atom stereocenters. The highest BCUT2D eigenvalue weighted by atomic mass is 16.5. The number of para-hydroxylation sites is 1. The molecule has 0 saturated heterocycles. The van der Waals surface area contributed by atoms with E-state index in [1.807, 2.05) is 24.3 Å². The number of aromatic nitrogens is 3. The van der Waals surface area contributed by atoms with Crippen LogP contribution in [0.15, 0.2) is 55.0 Å². The average Bonchev–Trinajstić information content (AvgIpc) is 2.55. The fraction of sp³-hybridized carbons (Fsp3) is 0.0625. The predicted octanol–water partition coefficient (Wildman–Crippen LogP) is 2.34. The Kier molecular flexibility index (Phi) is 2.57. The first-order valence-corrected chi connectivity index (χ1v) is 6.58. The standard InChI is InChI=1S/C16H11N3O2/c20-19-7-5-11(6-8-19)16-17-9-12-10-21-14-4-2-1-3-13(14)15(12)18-16/h1-9H,10H2. The second kappa shape index (κ2) is 4.56. The maximum atomic E-state index is 11.1. The lowest BCUT2D eigenvalue weighted by molar-refractivity contribution is -0.605. The van der Waals surface area contributed by atoms with Crippen LogP contribution in [0.25, 0.3) is 22.6 Å². The van der Waals surface area contributed by atoms with E-state index in [1.54, 1.807) is 18.3 Å². The first kappa shape index (κ1) is 11.8. The maximum Gasteiger partial charge on any atom is 0.181 e. The summed E-state index contributed by atoms with van der Waals surface area (Å²) in [5.74, 6) is 1.44. The Morgan fingerprint density at radius 2 is 1.90 bits per heavy atom. The van der Waals surface area contributed by atoms with Gasteiger partial charge in [-0.3, -0.25) is 0 Å². The van der Waals surface area contributed by atoms with Gasteiger partial charge in [-0.25, -0.2) is 9.97 Å². The number of pyridine rings is 1. The van der Waals surface area contributed by atoms with Gasteiger partial charge in [-0.05, 0) is 12.1 Å². The number of benzene rings is 1. The summed E-state index contributed by atoms with van der Waals surface area (Å²) in [5.41, 5.74) is 3.64. The molecule has 0 amide bonds. The zero-order valence-electron chi connectivity index (χ0n) is 11.1. The van der Waals surface area contributed by atoms with Crippen molar-refractivity contribution in [3.63, 3.8) is 0 Å². The molecule has 1 aromatic carbocycles. The third-order valence-electron chi connectivity index (χ3n) is 3.45. The molecule has 102 valence electrons. The summed E-state index contributed by atoms with van der Waals surface area (Å²) in [6, 6.07) is 11.2. The SMILES string of the molecule is [O-][n+]1ccc(-c2ncc3c(n2)-c2ccccc2OC3)cc1. The lowest BCUT2D eigenvalue weighted by atomic mass is 10.0. The third kappa shape index (κ3) is 1.99. The van der Waals surface area contributed by atoms with Crippen molar-refractivity contribution in [1.82, 2.24) is 9.97 Å². The van der Waals surface area contributed by atoms with Gasteiger partial charge in [-0.2, -0.15) is 4.73 Å². The van der Waals surface area contributed by atoms with Crippen molar-refractivity contribution in [3.8, 4) is 28.4 Å². The van der Waals surface area contributed by atoms with Gasteiger partial charge in [0.1, 0.15) is 12.4 Å². The fourth-order valence-electron chi connectivity index (χ4n) is 2.39. The molecule has 0 aliphatic carbocycles. The van der Waals surface area contributed by atoms with Gasteiger partial charge in [-0.1, -0.05) is 12.1 Å². The second-order valence-corrected chi connectivity index (χ2v) is 4.80. The molecule has 0 fully saturated rings. The number of rotatable bonds is 1. The van der Waals surface area contributed by atoms with Gasteiger partial charge in [0.05, 0.1) is 5.69 Å². The highest BCUT2D eigenvalue weighted by molar-refractivity contribution is 5.73. The first-order valence-electron chi connectivity index (χ1n) is 6.58. The topological polar surface area (TPSA) is 62.0 Å². The summed E-state index contributed by atoms with van der Waals surface area (Å²) in [6.07, 6.45) is 4.66. The minimum absolute atomic E-state index is 0.474. The number of hydrogen-bond donors (Lipinski definition) is 0. The monoisotopic (exact) mass is 277 g/mol. The zero-order chi connectivity index (χ0) is 14.2. The molecule has 2 aromatic heterocycles. The molecular weight excluding hydrogens is 266 g/mol. The molecule has 21 heavy (non-hydrogen) atoms. The van der Waals surface area contributed by atoms with Gasteiger partial charge in [0, 0.05) is 35.0 Å². The van der Waals surface area contributed by atoms with Crippen molar-refractivity contribution in [2.75, 3.05) is 0 Å². The van der Waals surface area contributed by atoms with E-state index >= 15 is 0 Å². The lowest BCUT2D eigenvalue weighted by Crippen LogP contribution is -2.23. The van der Waals surface area contributed by atoms with Gasteiger partial charge in [-0.15, -0.1) is 0 Å². The van der Waals surface area contributed by atoms with Crippen molar-refractivity contribution in [2.24, 2.45) is 0 Å². The summed E-state index contributed by atoms with van der Waals surface area (Å²) < 4.78 is 6.43. The number of hydrogen-bond acceptors (Lipinski definition) is 4. The first-order chi connectivity index (χ1) is 10.3. The smallest absolute Gasteiger partial charge is 0.181 e. The summed E-state index contributed by atoms with van der Waals surface area (Å²) >= 11 is 0. The van der Waals surface area contributed by atoms with E-state index < -0.39 is 0 Å². The Balaban J connectivity index is 1.86. The van der Waals surface area contributed by atoms with E-state index in [2.05, 4.69) is 9.97 Å². The number of nitrogens with zero attached hydrogens (tertiary/aromatic N) is 3. The molecular formula is C16H11N3O2. The highest BCUT2D eigenvalue weighted by Crippen LogP contribution is 2.36. The van der Waals surface area contributed by atoms with Crippen LogP contribution in [0.1, 0.15) is 5.56 Å². The molecule has 1 aliphatic rings. The Morgan fingerprint density at radius 3 is 2.76 bits per heavy atom. The van der Waals surface area contributed by atoms with Crippen molar-refractivity contribution in [3.05, 3.63) is 65.8 Å². The van der Waals surface area contributed by atoms with Crippen LogP contribution in [-0.4, -0.2) is 9.97 Å². The average molecular weight is 277 g/mol. The highest BCUT2D eigenvalue weighted by Gasteiger charge is 2.19. The Labute approximate surface area is 121 Å². The third-order valence-corrected chi connectivity index (χ3v) is 3.45. The largest absolute Gasteiger partial charge is 0.619 e. The van der Waals surface area contributed by atoms with Crippen molar-refractivity contribution < 1.29 is 9.47 Å². The molecule has 4 rings (SSSR count). The molecule has 0 bridgehead atoms. The second-order valence-electron chi connectivity index (χ2n) is 4.80. The van der Waals surface area contributed by atoms with Crippen molar-refractivity contribution in [1.29, 1.82) is 0 Å². The van der Waals surface area contributed by atoms with Gasteiger partial charge < -0.3 is 9.94 Å². The van der Waals surface area contributed by atoms with E-state index in [0.717, 1.165) is 32.9 Å². The normalized spacial score (nSPS) is 12.2. The van der Waals surface area contributed by atoms with Crippen LogP contribution in [0.2, 0.25) is 0 Å². The Hall–Kier alpha value is -2.95. The van der Waals surface area contributed by atoms with E-state index in [1.165, 1.54) is 12.4 Å². The van der Waals surface area contributed by atoms with Crippen LogP contribution in [-0.2, 0) is 6.61 Å². The molecule has 1 aliphatic heterocycles. The van der Waals surface area contributed by atoms with Crippen LogP contribution in [0.5, 0.6) is 5.75 Å². The molecule has 0 atom stereocenters. The molecule has 5 nitrogen and oxygen atoms in total. The van der Waals surface area contributed by atoms with Gasteiger partial charge in [0.15, 0.2) is 18.2 Å². The Morgan fingerprint density at radius 1 is 1.10 bits per heavy atom. The quantitative estimate of drug-likeness (QED) is 0.506. The van der Waals surface area contributed by atoms with Crippen molar-refractivity contribution in [2.45, 2.75) is 6.61 Å². The summed E-state index contributed by atoms with van der Waals surface area (Å²) in [7, 11) is 0. The van der Waals surface area contributed by atoms with Gasteiger partial charge in [0.2, 0.25) is 0 Å². The Bertz CT molecular complexity index is 816. The lowest BCUT2D eigenvalue weighted by Gasteiger charge is -2.19. The van der Waals surface area contributed by atoms with Crippen LogP contribution in [0.3, 0.4) is 0 Å².